The minimum atomic E-state index is -0.998. The smallest absolute Gasteiger partial charge is 0.348 e. The van der Waals surface area contributed by atoms with Gasteiger partial charge >= 0.3 is 5.97 Å². The van der Waals surface area contributed by atoms with Gasteiger partial charge in [0.1, 0.15) is 10.6 Å². The first-order chi connectivity index (χ1) is 9.86. The number of aromatic carboxylic acids is 1. The van der Waals surface area contributed by atoms with E-state index in [1.165, 1.54) is 11.3 Å². The maximum Gasteiger partial charge on any atom is 0.348 e. The van der Waals surface area contributed by atoms with Crippen LogP contribution in [0.3, 0.4) is 0 Å². The lowest BCUT2D eigenvalue weighted by molar-refractivity contribution is 0.0703. The molecule has 4 nitrogen and oxygen atoms in total. The van der Waals surface area contributed by atoms with Crippen LogP contribution in [0.5, 0.6) is 5.75 Å². The molecule has 1 heterocycles. The molecule has 0 amide bonds. The van der Waals surface area contributed by atoms with Crippen molar-refractivity contribution in [2.45, 2.75) is 19.8 Å². The number of hydrogen-bond donors (Lipinski definition) is 2. The third-order valence-corrected chi connectivity index (χ3v) is 4.90. The van der Waals surface area contributed by atoms with Gasteiger partial charge < -0.3 is 15.6 Å². The van der Waals surface area contributed by atoms with Gasteiger partial charge in [-0.2, -0.15) is 0 Å². The fourth-order valence-corrected chi connectivity index (χ4v) is 3.83. The van der Waals surface area contributed by atoms with Gasteiger partial charge in [0.05, 0.1) is 12.8 Å². The van der Waals surface area contributed by atoms with Gasteiger partial charge in [-0.25, -0.2) is 4.79 Å². The highest BCUT2D eigenvalue weighted by Crippen LogP contribution is 2.46. The third-order valence-electron chi connectivity index (χ3n) is 3.16. The van der Waals surface area contributed by atoms with Crippen LogP contribution < -0.4 is 10.5 Å². The number of carboxylic acid groups (broad SMARTS) is 1. The van der Waals surface area contributed by atoms with Crippen LogP contribution in [-0.2, 0) is 0 Å². The number of carboxylic acids is 1. The average Bonchev–Trinajstić information content (AvgIpc) is 2.76. The van der Waals surface area contributed by atoms with Crippen LogP contribution in [-0.4, -0.2) is 18.2 Å². The molecule has 0 saturated carbocycles. The zero-order chi connectivity index (χ0) is 15.7. The number of benzene rings is 1. The lowest BCUT2D eigenvalue weighted by Gasteiger charge is -2.12. The number of thiophene rings is 1. The summed E-state index contributed by atoms with van der Waals surface area (Å²) in [4.78, 5) is 12.4. The topological polar surface area (TPSA) is 72.5 Å². The van der Waals surface area contributed by atoms with Gasteiger partial charge in [-0.05, 0) is 29.7 Å². The molecule has 2 aromatic rings. The predicted octanol–water partition coefficient (Wildman–Crippen LogP) is 4.59. The monoisotopic (exact) mass is 369 g/mol. The Kier molecular flexibility index (Phi) is 4.58. The second-order valence-electron chi connectivity index (χ2n) is 4.89. The SMILES string of the molecule is COc1cc(Br)ccc1-c1sc(C(=O)O)c(N)c1C(C)C. The van der Waals surface area contributed by atoms with E-state index in [4.69, 9.17) is 10.5 Å². The summed E-state index contributed by atoms with van der Waals surface area (Å²) in [5.74, 6) is -0.191. The van der Waals surface area contributed by atoms with Crippen molar-refractivity contribution in [1.82, 2.24) is 0 Å². The number of anilines is 1. The fraction of sp³-hybridized carbons (Fsp3) is 0.267. The van der Waals surface area contributed by atoms with Crippen molar-refractivity contribution in [3.8, 4) is 16.2 Å². The van der Waals surface area contributed by atoms with Gasteiger partial charge in [0.15, 0.2) is 0 Å². The molecule has 0 aliphatic rings. The Balaban J connectivity index is 2.74. The van der Waals surface area contributed by atoms with E-state index in [0.717, 1.165) is 20.5 Å². The zero-order valence-electron chi connectivity index (χ0n) is 11.9. The van der Waals surface area contributed by atoms with Gasteiger partial charge in [-0.1, -0.05) is 29.8 Å². The fourth-order valence-electron chi connectivity index (χ4n) is 2.24. The van der Waals surface area contributed by atoms with E-state index in [1.807, 2.05) is 32.0 Å². The summed E-state index contributed by atoms with van der Waals surface area (Å²) in [6, 6.07) is 5.67. The number of rotatable bonds is 4. The van der Waals surface area contributed by atoms with Crippen LogP contribution in [0.15, 0.2) is 22.7 Å². The van der Waals surface area contributed by atoms with E-state index >= 15 is 0 Å². The Morgan fingerprint density at radius 3 is 2.62 bits per heavy atom. The highest BCUT2D eigenvalue weighted by Gasteiger charge is 2.24. The Morgan fingerprint density at radius 1 is 1.43 bits per heavy atom. The molecule has 2 rings (SSSR count). The summed E-state index contributed by atoms with van der Waals surface area (Å²) in [6.07, 6.45) is 0. The number of halogens is 1. The normalized spacial score (nSPS) is 10.9. The first kappa shape index (κ1) is 15.9. The molecule has 0 bridgehead atoms. The number of hydrogen-bond acceptors (Lipinski definition) is 4. The summed E-state index contributed by atoms with van der Waals surface area (Å²) in [5.41, 5.74) is 8.11. The largest absolute Gasteiger partial charge is 0.496 e. The zero-order valence-corrected chi connectivity index (χ0v) is 14.3. The molecule has 1 aromatic carbocycles. The molecule has 3 N–H and O–H groups in total. The van der Waals surface area contributed by atoms with Gasteiger partial charge in [-0.3, -0.25) is 0 Å². The van der Waals surface area contributed by atoms with E-state index in [0.29, 0.717) is 11.4 Å². The molecule has 21 heavy (non-hydrogen) atoms. The summed E-state index contributed by atoms with van der Waals surface area (Å²) in [7, 11) is 1.59. The molecule has 0 unspecified atom stereocenters. The summed E-state index contributed by atoms with van der Waals surface area (Å²) in [6.45, 7) is 4.00. The molecule has 112 valence electrons. The van der Waals surface area contributed by atoms with Crippen LogP contribution in [0.25, 0.3) is 10.4 Å². The molecule has 1 aromatic heterocycles. The predicted molar refractivity (Wildman–Crippen MR) is 89.5 cm³/mol. The van der Waals surface area contributed by atoms with Crippen molar-refractivity contribution in [2.75, 3.05) is 12.8 Å². The first-order valence-corrected chi connectivity index (χ1v) is 7.97. The van der Waals surface area contributed by atoms with E-state index in [-0.39, 0.29) is 10.8 Å². The van der Waals surface area contributed by atoms with Gasteiger partial charge in [-0.15, -0.1) is 11.3 Å². The molecular weight excluding hydrogens is 354 g/mol. The molecule has 6 heteroatoms. The van der Waals surface area contributed by atoms with E-state index < -0.39 is 5.97 Å². The van der Waals surface area contributed by atoms with Crippen LogP contribution >= 0.6 is 27.3 Å². The maximum absolute atomic E-state index is 11.3. The van der Waals surface area contributed by atoms with Crippen LogP contribution in [0.1, 0.15) is 35.0 Å². The van der Waals surface area contributed by atoms with Crippen molar-refractivity contribution >= 4 is 38.9 Å². The Hall–Kier alpha value is -1.53. The number of carbonyl (C=O) groups is 1. The van der Waals surface area contributed by atoms with Gasteiger partial charge in [0.25, 0.3) is 0 Å². The molecule has 0 radical (unpaired) electrons. The van der Waals surface area contributed by atoms with Crippen molar-refractivity contribution in [3.63, 3.8) is 0 Å². The quantitative estimate of drug-likeness (QED) is 0.826. The minimum absolute atomic E-state index is 0.123. The number of ether oxygens (including phenoxy) is 1. The number of methoxy groups -OCH3 is 1. The van der Waals surface area contributed by atoms with E-state index in [9.17, 15) is 9.90 Å². The summed E-state index contributed by atoms with van der Waals surface area (Å²) in [5, 5.41) is 9.29. The average molecular weight is 370 g/mol. The van der Waals surface area contributed by atoms with Crippen molar-refractivity contribution in [3.05, 3.63) is 33.1 Å². The molecule has 0 aliphatic carbocycles. The van der Waals surface area contributed by atoms with Gasteiger partial charge in [0.2, 0.25) is 0 Å². The minimum Gasteiger partial charge on any atom is -0.496 e. The molecule has 0 saturated heterocycles. The van der Waals surface area contributed by atoms with Crippen molar-refractivity contribution in [1.29, 1.82) is 0 Å². The molecule has 0 atom stereocenters. The van der Waals surface area contributed by atoms with Crippen molar-refractivity contribution < 1.29 is 14.6 Å². The van der Waals surface area contributed by atoms with E-state index in [2.05, 4.69) is 15.9 Å². The summed E-state index contributed by atoms with van der Waals surface area (Å²) < 4.78 is 6.31. The molecular formula is C15H16BrNO3S. The van der Waals surface area contributed by atoms with E-state index in [1.54, 1.807) is 7.11 Å². The third kappa shape index (κ3) is 2.91. The Bertz CT molecular complexity index is 694. The lowest BCUT2D eigenvalue weighted by Crippen LogP contribution is -2.01. The number of nitrogen functional groups attached to an aromatic ring is 1. The van der Waals surface area contributed by atoms with Crippen molar-refractivity contribution in [2.24, 2.45) is 0 Å². The van der Waals surface area contributed by atoms with Crippen LogP contribution in [0, 0.1) is 0 Å². The molecule has 0 aliphatic heterocycles. The highest BCUT2D eigenvalue weighted by molar-refractivity contribution is 9.10. The summed E-state index contributed by atoms with van der Waals surface area (Å²) >= 11 is 4.60. The Labute approximate surface area is 135 Å². The van der Waals surface area contributed by atoms with Gasteiger partial charge in [0, 0.05) is 14.9 Å². The van der Waals surface area contributed by atoms with Crippen LogP contribution in [0.2, 0.25) is 0 Å². The molecule has 0 fully saturated rings. The lowest BCUT2D eigenvalue weighted by atomic mass is 9.98. The maximum atomic E-state index is 11.3. The number of nitrogens with two attached hydrogens (primary N) is 1. The second kappa shape index (κ2) is 6.07. The molecule has 0 spiro atoms. The second-order valence-corrected chi connectivity index (χ2v) is 6.83. The standard InChI is InChI=1S/C15H16BrNO3S/c1-7(2)11-12(17)14(15(18)19)21-13(11)9-5-4-8(16)6-10(9)20-3/h4-7H,17H2,1-3H3,(H,18,19). The Morgan fingerprint density at radius 2 is 2.10 bits per heavy atom. The highest BCUT2D eigenvalue weighted by atomic mass is 79.9. The van der Waals surface area contributed by atoms with Crippen LogP contribution in [0.4, 0.5) is 5.69 Å². The first-order valence-electron chi connectivity index (χ1n) is 6.36.